The molecular formula is C19H23FN2OS. The van der Waals surface area contributed by atoms with Crippen molar-refractivity contribution in [2.75, 3.05) is 20.1 Å². The van der Waals surface area contributed by atoms with Crippen molar-refractivity contribution in [3.05, 3.63) is 57.5 Å². The standard InChI is InChI=1S/C19H23FN2OS/c1-3-17-15-9-11-24-18(15)8-10-22(17)19(23)13-21(2)12-14-6-4-5-7-16(14)20/h4-7,9,11,17H,3,8,10,12-13H2,1-2H3. The lowest BCUT2D eigenvalue weighted by Crippen LogP contribution is -2.44. The third-order valence-corrected chi connectivity index (χ3v) is 5.60. The van der Waals surface area contributed by atoms with E-state index in [9.17, 15) is 9.18 Å². The van der Waals surface area contributed by atoms with Gasteiger partial charge in [-0.15, -0.1) is 11.3 Å². The molecule has 128 valence electrons. The van der Waals surface area contributed by atoms with Gasteiger partial charge in [-0.2, -0.15) is 0 Å². The highest BCUT2D eigenvalue weighted by Crippen LogP contribution is 2.35. The third-order valence-electron chi connectivity index (χ3n) is 4.61. The van der Waals surface area contributed by atoms with Crippen LogP contribution < -0.4 is 0 Å². The number of hydrogen-bond acceptors (Lipinski definition) is 3. The molecule has 0 N–H and O–H groups in total. The summed E-state index contributed by atoms with van der Waals surface area (Å²) in [7, 11) is 1.87. The maximum atomic E-state index is 13.8. The number of carbonyl (C=O) groups excluding carboxylic acids is 1. The van der Waals surface area contributed by atoms with Crippen LogP contribution in [0.1, 0.15) is 35.4 Å². The Morgan fingerprint density at radius 2 is 2.17 bits per heavy atom. The average Bonchev–Trinajstić information content (AvgIpc) is 3.04. The molecule has 1 amide bonds. The summed E-state index contributed by atoms with van der Waals surface area (Å²) in [5.41, 5.74) is 1.93. The predicted molar refractivity (Wildman–Crippen MR) is 95.5 cm³/mol. The summed E-state index contributed by atoms with van der Waals surface area (Å²) in [6, 6.07) is 9.06. The van der Waals surface area contributed by atoms with Crippen molar-refractivity contribution in [2.24, 2.45) is 0 Å². The minimum Gasteiger partial charge on any atom is -0.334 e. The molecule has 0 spiro atoms. The fourth-order valence-electron chi connectivity index (χ4n) is 3.43. The van der Waals surface area contributed by atoms with E-state index in [-0.39, 0.29) is 17.8 Å². The zero-order valence-corrected chi connectivity index (χ0v) is 15.0. The average molecular weight is 346 g/mol. The fraction of sp³-hybridized carbons (Fsp3) is 0.421. The van der Waals surface area contributed by atoms with Gasteiger partial charge in [0.2, 0.25) is 5.91 Å². The molecule has 3 rings (SSSR count). The van der Waals surface area contributed by atoms with E-state index in [4.69, 9.17) is 0 Å². The zero-order chi connectivity index (χ0) is 17.1. The van der Waals surface area contributed by atoms with Gasteiger partial charge in [-0.3, -0.25) is 9.69 Å². The van der Waals surface area contributed by atoms with E-state index in [0.717, 1.165) is 19.4 Å². The van der Waals surface area contributed by atoms with Crippen LogP contribution in [0.5, 0.6) is 0 Å². The smallest absolute Gasteiger partial charge is 0.237 e. The van der Waals surface area contributed by atoms with Crippen LogP contribution in [-0.4, -0.2) is 35.8 Å². The van der Waals surface area contributed by atoms with Crippen LogP contribution in [0.3, 0.4) is 0 Å². The van der Waals surface area contributed by atoms with E-state index in [1.54, 1.807) is 23.5 Å². The molecule has 0 bridgehead atoms. The molecule has 1 aliphatic rings. The Hall–Kier alpha value is -1.72. The summed E-state index contributed by atoms with van der Waals surface area (Å²) in [4.78, 5) is 18.1. The number of halogens is 1. The molecule has 1 atom stereocenters. The van der Waals surface area contributed by atoms with Gasteiger partial charge in [0, 0.05) is 23.5 Å². The van der Waals surface area contributed by atoms with E-state index in [0.29, 0.717) is 18.7 Å². The van der Waals surface area contributed by atoms with Gasteiger partial charge in [-0.05, 0) is 43.0 Å². The summed E-state index contributed by atoms with van der Waals surface area (Å²) in [6.45, 7) is 3.65. The SMILES string of the molecule is CCC1c2ccsc2CCN1C(=O)CN(C)Cc1ccccc1F. The second-order valence-electron chi connectivity index (χ2n) is 6.32. The summed E-state index contributed by atoms with van der Waals surface area (Å²) < 4.78 is 13.8. The van der Waals surface area contributed by atoms with Gasteiger partial charge in [0.05, 0.1) is 12.6 Å². The zero-order valence-electron chi connectivity index (χ0n) is 14.2. The third kappa shape index (κ3) is 3.52. The van der Waals surface area contributed by atoms with Crippen molar-refractivity contribution in [1.82, 2.24) is 9.80 Å². The molecule has 1 aromatic heterocycles. The van der Waals surface area contributed by atoms with Crippen LogP contribution in [0.25, 0.3) is 0 Å². The number of benzene rings is 1. The minimum atomic E-state index is -0.218. The first-order chi connectivity index (χ1) is 11.6. The number of thiophene rings is 1. The number of amides is 1. The Morgan fingerprint density at radius 3 is 2.92 bits per heavy atom. The van der Waals surface area contributed by atoms with Gasteiger partial charge in [-0.1, -0.05) is 25.1 Å². The monoisotopic (exact) mass is 346 g/mol. The van der Waals surface area contributed by atoms with Crippen molar-refractivity contribution in [1.29, 1.82) is 0 Å². The Kier molecular flexibility index (Phi) is 5.31. The van der Waals surface area contributed by atoms with Crippen LogP contribution in [0.15, 0.2) is 35.7 Å². The predicted octanol–water partition coefficient (Wildman–Crippen LogP) is 3.86. The van der Waals surface area contributed by atoms with Crippen molar-refractivity contribution in [2.45, 2.75) is 32.4 Å². The lowest BCUT2D eigenvalue weighted by Gasteiger charge is -2.36. The maximum Gasteiger partial charge on any atom is 0.237 e. The number of rotatable bonds is 5. The number of carbonyl (C=O) groups is 1. The Morgan fingerprint density at radius 1 is 1.38 bits per heavy atom. The van der Waals surface area contributed by atoms with Gasteiger partial charge in [0.25, 0.3) is 0 Å². The van der Waals surface area contributed by atoms with E-state index in [1.807, 2.05) is 22.9 Å². The normalized spacial score (nSPS) is 17.2. The Bertz CT molecular complexity index is 715. The van der Waals surface area contributed by atoms with Gasteiger partial charge >= 0.3 is 0 Å². The molecule has 0 fully saturated rings. The Labute approximate surface area is 146 Å². The van der Waals surface area contributed by atoms with Crippen molar-refractivity contribution < 1.29 is 9.18 Å². The molecule has 1 unspecified atom stereocenters. The van der Waals surface area contributed by atoms with Crippen molar-refractivity contribution >= 4 is 17.2 Å². The van der Waals surface area contributed by atoms with Gasteiger partial charge < -0.3 is 4.90 Å². The molecule has 0 radical (unpaired) electrons. The first kappa shape index (κ1) is 17.1. The van der Waals surface area contributed by atoms with Gasteiger partial charge in [0.15, 0.2) is 0 Å². The molecule has 0 saturated carbocycles. The lowest BCUT2D eigenvalue weighted by molar-refractivity contribution is -0.135. The molecule has 2 heterocycles. The van der Waals surface area contributed by atoms with Crippen LogP contribution >= 0.6 is 11.3 Å². The molecule has 1 aliphatic heterocycles. The topological polar surface area (TPSA) is 23.6 Å². The van der Waals surface area contributed by atoms with E-state index in [2.05, 4.69) is 18.4 Å². The summed E-state index contributed by atoms with van der Waals surface area (Å²) in [5, 5.41) is 2.12. The number of fused-ring (bicyclic) bond motifs is 1. The van der Waals surface area contributed by atoms with Crippen LogP contribution in [0.2, 0.25) is 0 Å². The lowest BCUT2D eigenvalue weighted by atomic mass is 9.97. The highest BCUT2D eigenvalue weighted by atomic mass is 32.1. The van der Waals surface area contributed by atoms with E-state index in [1.165, 1.54) is 16.5 Å². The fourth-order valence-corrected chi connectivity index (χ4v) is 4.36. The molecule has 3 nitrogen and oxygen atoms in total. The molecule has 5 heteroatoms. The molecule has 2 aromatic rings. The molecule has 0 saturated heterocycles. The van der Waals surface area contributed by atoms with Crippen LogP contribution in [0, 0.1) is 5.82 Å². The van der Waals surface area contributed by atoms with E-state index < -0.39 is 0 Å². The Balaban J connectivity index is 1.65. The highest BCUT2D eigenvalue weighted by Gasteiger charge is 2.30. The summed E-state index contributed by atoms with van der Waals surface area (Å²) in [5.74, 6) is -0.0957. The molecular weight excluding hydrogens is 323 g/mol. The second kappa shape index (κ2) is 7.45. The molecule has 0 aliphatic carbocycles. The summed E-state index contributed by atoms with van der Waals surface area (Å²) in [6.07, 6.45) is 1.86. The van der Waals surface area contributed by atoms with Gasteiger partial charge in [-0.25, -0.2) is 4.39 Å². The van der Waals surface area contributed by atoms with Crippen molar-refractivity contribution in [3.63, 3.8) is 0 Å². The number of nitrogens with zero attached hydrogens (tertiary/aromatic N) is 2. The number of likely N-dealkylation sites (N-methyl/N-ethyl adjacent to an activating group) is 1. The largest absolute Gasteiger partial charge is 0.334 e. The quantitative estimate of drug-likeness (QED) is 0.821. The van der Waals surface area contributed by atoms with Crippen LogP contribution in [-0.2, 0) is 17.8 Å². The first-order valence-electron chi connectivity index (χ1n) is 8.37. The van der Waals surface area contributed by atoms with Crippen LogP contribution in [0.4, 0.5) is 4.39 Å². The molecule has 24 heavy (non-hydrogen) atoms. The second-order valence-corrected chi connectivity index (χ2v) is 7.32. The van der Waals surface area contributed by atoms with E-state index >= 15 is 0 Å². The van der Waals surface area contributed by atoms with Gasteiger partial charge in [0.1, 0.15) is 5.82 Å². The maximum absolute atomic E-state index is 13.8. The minimum absolute atomic E-state index is 0.123. The summed E-state index contributed by atoms with van der Waals surface area (Å²) >= 11 is 1.79. The highest BCUT2D eigenvalue weighted by molar-refractivity contribution is 7.10. The van der Waals surface area contributed by atoms with Crippen molar-refractivity contribution in [3.8, 4) is 0 Å². The number of hydrogen-bond donors (Lipinski definition) is 0. The molecule has 1 aromatic carbocycles. The first-order valence-corrected chi connectivity index (χ1v) is 9.25.